The lowest BCUT2D eigenvalue weighted by Gasteiger charge is -2.36. The second kappa shape index (κ2) is 13.5. The molecule has 0 bridgehead atoms. The molecule has 1 N–H and O–H groups in total. The standard InChI is InChI=1S/C28H44N4O4/c1-23(34)32-12-6-4-2-3-5-11-31(26-9-19-36-20-10-26)22-25-21-24(7-8-27(25)32)28(35)30-15-13-29(14-16-30)17-18-33/h7-8,21,26,33H,2-6,9-20,22H2,1H3. The summed E-state index contributed by atoms with van der Waals surface area (Å²) < 4.78 is 5.64. The molecule has 0 saturated carbocycles. The highest BCUT2D eigenvalue weighted by Gasteiger charge is 2.27. The number of carbonyl (C=O) groups excluding carboxylic acids is 2. The number of piperazine rings is 1. The van der Waals surface area contributed by atoms with E-state index in [0.29, 0.717) is 31.2 Å². The van der Waals surface area contributed by atoms with E-state index in [4.69, 9.17) is 4.74 Å². The molecule has 0 aliphatic carbocycles. The molecule has 0 aromatic heterocycles. The van der Waals surface area contributed by atoms with Gasteiger partial charge in [-0.15, -0.1) is 0 Å². The van der Waals surface area contributed by atoms with Gasteiger partial charge in [0.1, 0.15) is 0 Å². The van der Waals surface area contributed by atoms with Crippen molar-refractivity contribution in [3.8, 4) is 0 Å². The summed E-state index contributed by atoms with van der Waals surface area (Å²) in [5, 5.41) is 9.21. The summed E-state index contributed by atoms with van der Waals surface area (Å²) in [5.41, 5.74) is 2.72. The van der Waals surface area contributed by atoms with Crippen LogP contribution in [0.1, 0.15) is 67.8 Å². The van der Waals surface area contributed by atoms with Gasteiger partial charge in [-0.2, -0.15) is 0 Å². The number of aliphatic hydroxyl groups excluding tert-OH is 1. The van der Waals surface area contributed by atoms with Gasteiger partial charge in [0.15, 0.2) is 0 Å². The first-order valence-electron chi connectivity index (χ1n) is 13.9. The zero-order valence-electron chi connectivity index (χ0n) is 22.0. The summed E-state index contributed by atoms with van der Waals surface area (Å²) in [6, 6.07) is 6.42. The molecule has 2 saturated heterocycles. The molecular formula is C28H44N4O4. The van der Waals surface area contributed by atoms with Crippen LogP contribution in [-0.4, -0.2) is 103 Å². The van der Waals surface area contributed by atoms with E-state index in [-0.39, 0.29) is 18.4 Å². The molecule has 1 aromatic rings. The van der Waals surface area contributed by atoms with Gasteiger partial charge in [-0.1, -0.05) is 19.3 Å². The monoisotopic (exact) mass is 500 g/mol. The third kappa shape index (κ3) is 7.06. The molecule has 4 rings (SSSR count). The zero-order valence-corrected chi connectivity index (χ0v) is 22.0. The van der Waals surface area contributed by atoms with Gasteiger partial charge in [0.25, 0.3) is 5.91 Å². The summed E-state index contributed by atoms with van der Waals surface area (Å²) in [6.07, 6.45) is 7.80. The highest BCUT2D eigenvalue weighted by Crippen LogP contribution is 2.29. The molecule has 1 aromatic carbocycles. The van der Waals surface area contributed by atoms with Crippen LogP contribution >= 0.6 is 0 Å². The van der Waals surface area contributed by atoms with E-state index in [2.05, 4.69) is 9.80 Å². The van der Waals surface area contributed by atoms with Crippen LogP contribution in [0.25, 0.3) is 0 Å². The maximum atomic E-state index is 13.5. The van der Waals surface area contributed by atoms with Crippen molar-refractivity contribution in [3.63, 3.8) is 0 Å². The summed E-state index contributed by atoms with van der Waals surface area (Å²) in [5.74, 6) is 0.115. The fourth-order valence-corrected chi connectivity index (χ4v) is 5.83. The number of aliphatic hydroxyl groups is 1. The number of ether oxygens (including phenoxy) is 1. The van der Waals surface area contributed by atoms with Crippen molar-refractivity contribution in [1.29, 1.82) is 0 Å². The number of nitrogens with zero attached hydrogens (tertiary/aromatic N) is 4. The van der Waals surface area contributed by atoms with E-state index in [0.717, 1.165) is 82.9 Å². The molecule has 0 unspecified atom stereocenters. The Morgan fingerprint density at radius 1 is 0.944 bits per heavy atom. The number of rotatable bonds is 4. The normalized spacial score (nSPS) is 21.9. The van der Waals surface area contributed by atoms with Crippen molar-refractivity contribution in [1.82, 2.24) is 14.7 Å². The Morgan fingerprint density at radius 3 is 2.33 bits per heavy atom. The Kier molecular flexibility index (Phi) is 10.2. The van der Waals surface area contributed by atoms with E-state index in [1.54, 1.807) is 6.92 Å². The first-order valence-corrected chi connectivity index (χ1v) is 13.9. The van der Waals surface area contributed by atoms with Gasteiger partial charge in [0, 0.05) is 83.2 Å². The van der Waals surface area contributed by atoms with E-state index < -0.39 is 0 Å². The van der Waals surface area contributed by atoms with Crippen LogP contribution in [0.3, 0.4) is 0 Å². The maximum Gasteiger partial charge on any atom is 0.253 e. The van der Waals surface area contributed by atoms with Crippen molar-refractivity contribution in [3.05, 3.63) is 29.3 Å². The Balaban J connectivity index is 1.61. The lowest BCUT2D eigenvalue weighted by molar-refractivity contribution is -0.116. The van der Waals surface area contributed by atoms with Crippen LogP contribution in [-0.2, 0) is 16.1 Å². The lowest BCUT2D eigenvalue weighted by atomic mass is 10.0. The van der Waals surface area contributed by atoms with Crippen molar-refractivity contribution in [2.24, 2.45) is 0 Å². The third-order valence-corrected chi connectivity index (χ3v) is 7.98. The molecule has 2 amide bonds. The molecule has 0 radical (unpaired) electrons. The predicted octanol–water partition coefficient (Wildman–Crippen LogP) is 2.73. The Bertz CT molecular complexity index is 865. The Labute approximate surface area is 216 Å². The smallest absolute Gasteiger partial charge is 0.253 e. The van der Waals surface area contributed by atoms with Crippen molar-refractivity contribution in [2.75, 3.05) is 70.5 Å². The molecule has 36 heavy (non-hydrogen) atoms. The van der Waals surface area contributed by atoms with Crippen molar-refractivity contribution in [2.45, 2.75) is 64.5 Å². The Hall–Kier alpha value is -2.00. The predicted molar refractivity (Wildman–Crippen MR) is 141 cm³/mol. The fourth-order valence-electron chi connectivity index (χ4n) is 5.83. The number of carbonyl (C=O) groups is 2. The summed E-state index contributed by atoms with van der Waals surface area (Å²) in [7, 11) is 0. The van der Waals surface area contributed by atoms with Gasteiger partial charge in [-0.25, -0.2) is 0 Å². The third-order valence-electron chi connectivity index (χ3n) is 7.98. The number of fused-ring (bicyclic) bond motifs is 1. The molecule has 8 heteroatoms. The van der Waals surface area contributed by atoms with E-state index in [9.17, 15) is 14.7 Å². The van der Waals surface area contributed by atoms with Gasteiger partial charge >= 0.3 is 0 Å². The van der Waals surface area contributed by atoms with Crippen LogP contribution in [0, 0.1) is 0 Å². The van der Waals surface area contributed by atoms with Gasteiger partial charge in [-0.3, -0.25) is 19.4 Å². The van der Waals surface area contributed by atoms with Crippen LogP contribution in [0.5, 0.6) is 0 Å². The minimum absolute atomic E-state index is 0.0551. The zero-order chi connectivity index (χ0) is 25.3. The van der Waals surface area contributed by atoms with Crippen LogP contribution in [0.15, 0.2) is 18.2 Å². The lowest BCUT2D eigenvalue weighted by Crippen LogP contribution is -2.49. The highest BCUT2D eigenvalue weighted by atomic mass is 16.5. The van der Waals surface area contributed by atoms with Crippen LogP contribution in [0.4, 0.5) is 5.69 Å². The van der Waals surface area contributed by atoms with Gasteiger partial charge in [-0.05, 0) is 56.0 Å². The topological polar surface area (TPSA) is 76.6 Å². The van der Waals surface area contributed by atoms with E-state index >= 15 is 0 Å². The molecule has 3 aliphatic heterocycles. The van der Waals surface area contributed by atoms with Gasteiger partial charge in [0.2, 0.25) is 5.91 Å². The summed E-state index contributed by atoms with van der Waals surface area (Å²) in [4.78, 5) is 34.8. The van der Waals surface area contributed by atoms with E-state index in [1.807, 2.05) is 28.0 Å². The maximum absolute atomic E-state index is 13.5. The quantitative estimate of drug-likeness (QED) is 0.685. The van der Waals surface area contributed by atoms with Gasteiger partial charge in [0.05, 0.1) is 6.61 Å². The Morgan fingerprint density at radius 2 is 1.64 bits per heavy atom. The minimum Gasteiger partial charge on any atom is -0.395 e. The average molecular weight is 501 g/mol. The molecule has 3 heterocycles. The average Bonchev–Trinajstić information content (AvgIpc) is 2.89. The number of benzene rings is 1. The number of amides is 2. The first-order chi connectivity index (χ1) is 17.6. The van der Waals surface area contributed by atoms with Gasteiger partial charge < -0.3 is 19.6 Å². The number of hydrogen-bond acceptors (Lipinski definition) is 6. The van der Waals surface area contributed by atoms with Crippen molar-refractivity contribution >= 4 is 17.5 Å². The van der Waals surface area contributed by atoms with Crippen LogP contribution in [0.2, 0.25) is 0 Å². The molecule has 8 nitrogen and oxygen atoms in total. The molecule has 0 spiro atoms. The largest absolute Gasteiger partial charge is 0.395 e. The number of hydrogen-bond donors (Lipinski definition) is 1. The fraction of sp³-hybridized carbons (Fsp3) is 0.714. The molecular weight excluding hydrogens is 456 g/mol. The number of β-amino-alcohol motifs (C(OH)–C–C–N with tert-alkyl or cyclic N) is 1. The summed E-state index contributed by atoms with van der Waals surface area (Å²) in [6.45, 7) is 9.47. The second-order valence-electron chi connectivity index (χ2n) is 10.5. The molecule has 2 fully saturated rings. The van der Waals surface area contributed by atoms with Crippen LogP contribution < -0.4 is 4.90 Å². The SMILES string of the molecule is CC(=O)N1CCCCCCCN(C2CCOCC2)Cc2cc(C(=O)N3CCN(CCO)CC3)ccc21. The number of anilines is 1. The second-order valence-corrected chi connectivity index (χ2v) is 10.5. The van der Waals surface area contributed by atoms with Crippen molar-refractivity contribution < 1.29 is 19.4 Å². The first kappa shape index (κ1) is 27.0. The molecule has 3 aliphatic rings. The summed E-state index contributed by atoms with van der Waals surface area (Å²) >= 11 is 0. The molecule has 0 atom stereocenters. The van der Waals surface area contributed by atoms with E-state index in [1.165, 1.54) is 19.3 Å². The highest BCUT2D eigenvalue weighted by molar-refractivity contribution is 5.97. The molecule has 200 valence electrons. The minimum atomic E-state index is 0.0551.